The van der Waals surface area contributed by atoms with Crippen molar-refractivity contribution in [3.05, 3.63) is 48.1 Å². The highest BCUT2D eigenvalue weighted by molar-refractivity contribution is 7.13. The highest BCUT2D eigenvalue weighted by Crippen LogP contribution is 2.25. The molecule has 27 heavy (non-hydrogen) atoms. The van der Waals surface area contributed by atoms with E-state index in [9.17, 15) is 4.79 Å². The molecule has 0 saturated carbocycles. The van der Waals surface area contributed by atoms with E-state index in [1.807, 2.05) is 12.1 Å². The summed E-state index contributed by atoms with van der Waals surface area (Å²) in [6.45, 7) is 2.55. The van der Waals surface area contributed by atoms with Gasteiger partial charge >= 0.3 is 6.03 Å². The molecule has 0 spiro atoms. The molecule has 3 aromatic rings. The van der Waals surface area contributed by atoms with Crippen molar-refractivity contribution >= 4 is 29.0 Å². The smallest absolute Gasteiger partial charge is 0.326 e. The van der Waals surface area contributed by atoms with E-state index in [4.69, 9.17) is 4.74 Å². The Labute approximate surface area is 160 Å². The van der Waals surface area contributed by atoms with Crippen LogP contribution in [0.15, 0.2) is 48.1 Å². The normalized spacial score (nSPS) is 13.6. The molecule has 1 aliphatic heterocycles. The average molecular weight is 382 g/mol. The Morgan fingerprint density at radius 2 is 1.96 bits per heavy atom. The minimum Gasteiger partial charge on any atom is -0.477 e. The lowest BCUT2D eigenvalue weighted by molar-refractivity contribution is 0.193. The maximum absolute atomic E-state index is 12.2. The summed E-state index contributed by atoms with van der Waals surface area (Å²) < 4.78 is 5.66. The number of thiazole rings is 1. The standard InChI is InChI=1S/C18H18N6O2S/c25-18(24-15-11-27-17(22-15)13-4-6-19-7-5-13)23-14-2-1-3-16(21-14)26-10-12-8-20-9-12/h1-7,11-12,20H,8-10H2,(H2,21,23,24,25). The summed E-state index contributed by atoms with van der Waals surface area (Å²) in [4.78, 5) is 24.9. The van der Waals surface area contributed by atoms with Crippen LogP contribution in [0.2, 0.25) is 0 Å². The van der Waals surface area contributed by atoms with Gasteiger partial charge in [-0.2, -0.15) is 4.98 Å². The first kappa shape index (κ1) is 17.4. The molecule has 0 radical (unpaired) electrons. The molecule has 1 saturated heterocycles. The van der Waals surface area contributed by atoms with Gasteiger partial charge in [-0.3, -0.25) is 15.6 Å². The third-order valence-corrected chi connectivity index (χ3v) is 4.86. The van der Waals surface area contributed by atoms with E-state index in [0.717, 1.165) is 23.7 Å². The van der Waals surface area contributed by atoms with Gasteiger partial charge in [0.1, 0.15) is 16.6 Å². The molecule has 3 N–H and O–H groups in total. The maximum Gasteiger partial charge on any atom is 0.326 e. The monoisotopic (exact) mass is 382 g/mol. The number of ether oxygens (including phenoxy) is 1. The van der Waals surface area contributed by atoms with Crippen molar-refractivity contribution in [1.82, 2.24) is 20.3 Å². The fraction of sp³-hybridized carbons (Fsp3) is 0.222. The first-order valence-corrected chi connectivity index (χ1v) is 9.39. The number of carbonyl (C=O) groups excluding carboxylic acids is 1. The molecule has 0 atom stereocenters. The molecule has 8 nitrogen and oxygen atoms in total. The fourth-order valence-corrected chi connectivity index (χ4v) is 3.21. The van der Waals surface area contributed by atoms with Crippen LogP contribution in [-0.2, 0) is 0 Å². The zero-order valence-corrected chi connectivity index (χ0v) is 15.2. The topological polar surface area (TPSA) is 101 Å². The fourth-order valence-electron chi connectivity index (χ4n) is 2.46. The zero-order chi connectivity index (χ0) is 18.5. The maximum atomic E-state index is 12.2. The highest BCUT2D eigenvalue weighted by atomic mass is 32.1. The van der Waals surface area contributed by atoms with Gasteiger partial charge in [-0.25, -0.2) is 9.78 Å². The molecular formula is C18H18N6O2S. The zero-order valence-electron chi connectivity index (χ0n) is 14.4. The molecular weight excluding hydrogens is 364 g/mol. The minimum absolute atomic E-state index is 0.408. The SMILES string of the molecule is O=C(Nc1cccc(OCC2CNC2)n1)Nc1csc(-c2ccncc2)n1. The molecule has 4 heterocycles. The van der Waals surface area contributed by atoms with E-state index < -0.39 is 6.03 Å². The number of amides is 2. The number of hydrogen-bond acceptors (Lipinski definition) is 7. The quantitative estimate of drug-likeness (QED) is 0.606. The number of carbonyl (C=O) groups is 1. The van der Waals surface area contributed by atoms with E-state index in [1.54, 1.807) is 36.0 Å². The molecule has 2 amide bonds. The van der Waals surface area contributed by atoms with Crippen LogP contribution in [0.4, 0.5) is 16.4 Å². The number of anilines is 2. The van der Waals surface area contributed by atoms with E-state index in [2.05, 4.69) is 30.9 Å². The van der Waals surface area contributed by atoms with Crippen LogP contribution in [0.3, 0.4) is 0 Å². The third kappa shape index (κ3) is 4.57. The van der Waals surface area contributed by atoms with Gasteiger partial charge in [0, 0.05) is 48.4 Å². The lowest BCUT2D eigenvalue weighted by Crippen LogP contribution is -2.45. The number of aromatic nitrogens is 3. The van der Waals surface area contributed by atoms with Crippen LogP contribution in [-0.4, -0.2) is 40.7 Å². The Kier molecular flexibility index (Phi) is 5.22. The number of nitrogens with zero attached hydrogens (tertiary/aromatic N) is 3. The summed E-state index contributed by atoms with van der Waals surface area (Å²) in [6.07, 6.45) is 3.41. The largest absolute Gasteiger partial charge is 0.477 e. The van der Waals surface area contributed by atoms with Gasteiger partial charge in [0.25, 0.3) is 0 Å². The third-order valence-electron chi connectivity index (χ3n) is 3.97. The van der Waals surface area contributed by atoms with Crippen LogP contribution in [0.5, 0.6) is 5.88 Å². The summed E-state index contributed by atoms with van der Waals surface area (Å²) in [5.41, 5.74) is 0.955. The van der Waals surface area contributed by atoms with Crippen LogP contribution >= 0.6 is 11.3 Å². The van der Waals surface area contributed by atoms with Gasteiger partial charge < -0.3 is 10.1 Å². The Balaban J connectivity index is 1.33. The summed E-state index contributed by atoms with van der Waals surface area (Å²) >= 11 is 1.45. The van der Waals surface area contributed by atoms with E-state index in [1.165, 1.54) is 11.3 Å². The summed E-state index contributed by atoms with van der Waals surface area (Å²) in [7, 11) is 0. The Hall–Kier alpha value is -3.04. The molecule has 138 valence electrons. The second kappa shape index (κ2) is 8.11. The summed E-state index contributed by atoms with van der Waals surface area (Å²) in [6, 6.07) is 8.61. The lowest BCUT2D eigenvalue weighted by atomic mass is 10.1. The van der Waals surface area contributed by atoms with Gasteiger partial charge in [-0.05, 0) is 18.2 Å². The lowest BCUT2D eigenvalue weighted by Gasteiger charge is -2.26. The van der Waals surface area contributed by atoms with Crippen LogP contribution in [0.1, 0.15) is 0 Å². The van der Waals surface area contributed by atoms with Crippen molar-refractivity contribution in [2.75, 3.05) is 30.3 Å². The molecule has 1 aliphatic rings. The predicted octanol–water partition coefficient (Wildman–Crippen LogP) is 2.84. The van der Waals surface area contributed by atoms with Crippen molar-refractivity contribution in [3.63, 3.8) is 0 Å². The second-order valence-corrected chi connectivity index (χ2v) is 6.91. The van der Waals surface area contributed by atoms with Crippen molar-refractivity contribution < 1.29 is 9.53 Å². The van der Waals surface area contributed by atoms with Gasteiger partial charge in [0.15, 0.2) is 0 Å². The minimum atomic E-state index is -0.408. The van der Waals surface area contributed by atoms with Gasteiger partial charge in [-0.15, -0.1) is 11.3 Å². The number of nitrogens with one attached hydrogen (secondary N) is 3. The molecule has 0 unspecified atom stereocenters. The molecule has 9 heteroatoms. The first-order valence-electron chi connectivity index (χ1n) is 8.51. The van der Waals surface area contributed by atoms with E-state index >= 15 is 0 Å². The number of pyridine rings is 2. The Morgan fingerprint density at radius 3 is 2.74 bits per heavy atom. The number of urea groups is 1. The van der Waals surface area contributed by atoms with Crippen molar-refractivity contribution in [3.8, 4) is 16.5 Å². The van der Waals surface area contributed by atoms with Gasteiger partial charge in [0.2, 0.25) is 5.88 Å². The molecule has 3 aromatic heterocycles. The number of rotatable bonds is 6. The molecule has 4 rings (SSSR count). The van der Waals surface area contributed by atoms with E-state index in [-0.39, 0.29) is 0 Å². The van der Waals surface area contributed by atoms with Crippen molar-refractivity contribution in [2.24, 2.45) is 5.92 Å². The molecule has 0 bridgehead atoms. The van der Waals surface area contributed by atoms with Gasteiger partial charge in [-0.1, -0.05) is 6.07 Å². The number of hydrogen-bond donors (Lipinski definition) is 3. The van der Waals surface area contributed by atoms with Gasteiger partial charge in [0.05, 0.1) is 6.61 Å². The highest BCUT2D eigenvalue weighted by Gasteiger charge is 2.17. The Bertz CT molecular complexity index is 913. The van der Waals surface area contributed by atoms with Crippen LogP contribution < -0.4 is 20.7 Å². The Morgan fingerprint density at radius 1 is 1.15 bits per heavy atom. The summed E-state index contributed by atoms with van der Waals surface area (Å²) in [5, 5.41) is 11.2. The van der Waals surface area contributed by atoms with Crippen LogP contribution in [0, 0.1) is 5.92 Å². The van der Waals surface area contributed by atoms with Crippen LogP contribution in [0.25, 0.3) is 10.6 Å². The molecule has 0 aromatic carbocycles. The first-order chi connectivity index (χ1) is 13.3. The molecule has 0 aliphatic carbocycles. The van der Waals surface area contributed by atoms with Crippen molar-refractivity contribution in [1.29, 1.82) is 0 Å². The molecule has 1 fully saturated rings. The second-order valence-electron chi connectivity index (χ2n) is 6.05. The average Bonchev–Trinajstić information content (AvgIpc) is 3.10. The van der Waals surface area contributed by atoms with Crippen molar-refractivity contribution in [2.45, 2.75) is 0 Å². The predicted molar refractivity (Wildman–Crippen MR) is 104 cm³/mol. The summed E-state index contributed by atoms with van der Waals surface area (Å²) in [5.74, 6) is 1.91. The van der Waals surface area contributed by atoms with E-state index in [0.29, 0.717) is 30.0 Å².